The third-order valence-corrected chi connectivity index (χ3v) is 2.23. The van der Waals surface area contributed by atoms with Crippen LogP contribution < -0.4 is 0 Å². The van der Waals surface area contributed by atoms with Crippen molar-refractivity contribution in [1.82, 2.24) is 0 Å². The molecule has 0 aromatic heterocycles. The number of esters is 1. The van der Waals surface area contributed by atoms with Gasteiger partial charge in [-0.2, -0.15) is 13.2 Å². The van der Waals surface area contributed by atoms with Crippen molar-refractivity contribution >= 4 is 5.97 Å². The van der Waals surface area contributed by atoms with Gasteiger partial charge in [0.15, 0.2) is 0 Å². The number of epoxide rings is 1. The van der Waals surface area contributed by atoms with Crippen molar-refractivity contribution in [3.63, 3.8) is 0 Å². The van der Waals surface area contributed by atoms with E-state index >= 15 is 0 Å². The molecule has 88 valence electrons. The van der Waals surface area contributed by atoms with Crippen LogP contribution in [-0.4, -0.2) is 43.2 Å². The van der Waals surface area contributed by atoms with Gasteiger partial charge in [0.25, 0.3) is 0 Å². The van der Waals surface area contributed by atoms with Crippen LogP contribution in [0.3, 0.4) is 0 Å². The highest BCUT2D eigenvalue weighted by Crippen LogP contribution is 2.41. The third-order valence-electron chi connectivity index (χ3n) is 2.23. The molecule has 3 atom stereocenters. The molecule has 1 saturated heterocycles. The van der Waals surface area contributed by atoms with E-state index in [2.05, 4.69) is 9.47 Å². The number of carbonyl (C=O) groups excluding carboxylic acids is 1. The molecule has 15 heavy (non-hydrogen) atoms. The Morgan fingerprint density at radius 1 is 1.60 bits per heavy atom. The van der Waals surface area contributed by atoms with Crippen LogP contribution in [-0.2, 0) is 14.3 Å². The van der Waals surface area contributed by atoms with Crippen LogP contribution in [0, 0.1) is 5.92 Å². The van der Waals surface area contributed by atoms with Gasteiger partial charge in [0, 0.05) is 0 Å². The van der Waals surface area contributed by atoms with Crippen LogP contribution >= 0.6 is 0 Å². The van der Waals surface area contributed by atoms with Crippen molar-refractivity contribution in [2.75, 3.05) is 13.7 Å². The summed E-state index contributed by atoms with van der Waals surface area (Å²) >= 11 is 0. The molecule has 1 N–H and O–H groups in total. The molecule has 0 aromatic carbocycles. The SMILES string of the molecule is COC(=O)CC(C1OC1CO)C(F)(F)F. The average molecular weight is 228 g/mol. The second-order valence-electron chi connectivity index (χ2n) is 3.25. The lowest BCUT2D eigenvalue weighted by Crippen LogP contribution is -2.32. The number of ether oxygens (including phenoxy) is 2. The Labute approximate surface area is 84.0 Å². The second-order valence-corrected chi connectivity index (χ2v) is 3.25. The van der Waals surface area contributed by atoms with E-state index in [4.69, 9.17) is 5.11 Å². The quantitative estimate of drug-likeness (QED) is 0.562. The molecule has 1 aliphatic heterocycles. The summed E-state index contributed by atoms with van der Waals surface area (Å²) in [6.07, 6.45) is -7.25. The van der Waals surface area contributed by atoms with Gasteiger partial charge >= 0.3 is 12.1 Å². The number of halogens is 3. The van der Waals surface area contributed by atoms with Gasteiger partial charge in [0.05, 0.1) is 32.2 Å². The molecule has 1 aliphatic rings. The molecule has 4 nitrogen and oxygen atoms in total. The number of aliphatic hydroxyl groups is 1. The largest absolute Gasteiger partial charge is 0.469 e. The maximum Gasteiger partial charge on any atom is 0.394 e. The first-order valence-electron chi connectivity index (χ1n) is 4.30. The molecule has 0 saturated carbocycles. The Balaban J connectivity index is 2.60. The molecule has 7 heteroatoms. The van der Waals surface area contributed by atoms with Gasteiger partial charge < -0.3 is 14.6 Å². The van der Waals surface area contributed by atoms with Gasteiger partial charge in [0.2, 0.25) is 0 Å². The molecular weight excluding hydrogens is 217 g/mol. The lowest BCUT2D eigenvalue weighted by molar-refractivity contribution is -0.188. The van der Waals surface area contributed by atoms with Crippen LogP contribution in [0.25, 0.3) is 0 Å². The highest BCUT2D eigenvalue weighted by Gasteiger charge is 2.56. The van der Waals surface area contributed by atoms with Crippen LogP contribution in [0.2, 0.25) is 0 Å². The predicted molar refractivity (Wildman–Crippen MR) is 41.9 cm³/mol. The van der Waals surface area contributed by atoms with Crippen molar-refractivity contribution in [2.24, 2.45) is 5.92 Å². The van der Waals surface area contributed by atoms with E-state index in [1.54, 1.807) is 0 Å². The number of alkyl halides is 3. The number of hydrogen-bond acceptors (Lipinski definition) is 4. The predicted octanol–water partition coefficient (Wildman–Crippen LogP) is 0.488. The zero-order valence-electron chi connectivity index (χ0n) is 7.95. The number of aliphatic hydroxyl groups excluding tert-OH is 1. The summed E-state index contributed by atoms with van der Waals surface area (Å²) in [5.41, 5.74) is 0. The summed E-state index contributed by atoms with van der Waals surface area (Å²) in [5, 5.41) is 8.57. The van der Waals surface area contributed by atoms with Gasteiger partial charge in [-0.3, -0.25) is 4.79 Å². The molecular formula is C8H11F3O4. The molecule has 0 aliphatic carbocycles. The minimum atomic E-state index is -4.53. The molecule has 0 bridgehead atoms. The second kappa shape index (κ2) is 4.36. The molecule has 0 aromatic rings. The van der Waals surface area contributed by atoms with E-state index in [0.29, 0.717) is 0 Å². The van der Waals surface area contributed by atoms with Crippen molar-refractivity contribution in [3.8, 4) is 0 Å². The smallest absolute Gasteiger partial charge is 0.394 e. The minimum absolute atomic E-state index is 0.474. The summed E-state index contributed by atoms with van der Waals surface area (Å²) in [5.74, 6) is -2.84. The summed E-state index contributed by atoms with van der Waals surface area (Å²) in [6.45, 7) is -0.474. The van der Waals surface area contributed by atoms with E-state index in [1.165, 1.54) is 0 Å². The molecule has 3 unspecified atom stereocenters. The minimum Gasteiger partial charge on any atom is -0.469 e. The van der Waals surface area contributed by atoms with Crippen LogP contribution in [0.4, 0.5) is 13.2 Å². The number of hydrogen-bond donors (Lipinski definition) is 1. The van der Waals surface area contributed by atoms with Gasteiger partial charge in [-0.1, -0.05) is 0 Å². The highest BCUT2D eigenvalue weighted by molar-refractivity contribution is 5.69. The Morgan fingerprint density at radius 3 is 2.53 bits per heavy atom. The summed E-state index contributed by atoms with van der Waals surface area (Å²) in [4.78, 5) is 10.8. The van der Waals surface area contributed by atoms with E-state index in [0.717, 1.165) is 7.11 Å². The lowest BCUT2D eigenvalue weighted by atomic mass is 9.99. The maximum absolute atomic E-state index is 12.4. The summed E-state index contributed by atoms with van der Waals surface area (Å²) < 4.78 is 46.1. The van der Waals surface area contributed by atoms with Crippen LogP contribution in [0.1, 0.15) is 6.42 Å². The number of rotatable bonds is 4. The monoisotopic (exact) mass is 228 g/mol. The maximum atomic E-state index is 12.4. The van der Waals surface area contributed by atoms with Gasteiger partial charge in [-0.05, 0) is 0 Å². The molecule has 0 amide bonds. The fourth-order valence-corrected chi connectivity index (χ4v) is 1.34. The van der Waals surface area contributed by atoms with Crippen molar-refractivity contribution in [3.05, 3.63) is 0 Å². The first kappa shape index (κ1) is 12.3. The van der Waals surface area contributed by atoms with Crippen LogP contribution in [0.5, 0.6) is 0 Å². The Hall–Kier alpha value is -0.820. The number of methoxy groups -OCH3 is 1. The lowest BCUT2D eigenvalue weighted by Gasteiger charge is -2.16. The van der Waals surface area contributed by atoms with Crippen LogP contribution in [0.15, 0.2) is 0 Å². The van der Waals surface area contributed by atoms with E-state index in [9.17, 15) is 18.0 Å². The normalized spacial score (nSPS) is 27.3. The van der Waals surface area contributed by atoms with E-state index in [-0.39, 0.29) is 0 Å². The summed E-state index contributed by atoms with van der Waals surface area (Å²) in [6, 6.07) is 0. The topological polar surface area (TPSA) is 59.1 Å². The fraction of sp³-hybridized carbons (Fsp3) is 0.875. The first-order chi connectivity index (χ1) is 6.90. The molecule has 1 heterocycles. The summed E-state index contributed by atoms with van der Waals surface area (Å²) in [7, 11) is 1.02. The average Bonchev–Trinajstić information content (AvgIpc) is 2.90. The van der Waals surface area contributed by atoms with Gasteiger partial charge in [-0.25, -0.2) is 0 Å². The Bertz CT molecular complexity index is 241. The van der Waals surface area contributed by atoms with Crippen molar-refractivity contribution in [1.29, 1.82) is 0 Å². The van der Waals surface area contributed by atoms with Crippen molar-refractivity contribution < 1.29 is 32.5 Å². The van der Waals surface area contributed by atoms with E-state index < -0.39 is 43.3 Å². The highest BCUT2D eigenvalue weighted by atomic mass is 19.4. The third kappa shape index (κ3) is 3.07. The van der Waals surface area contributed by atoms with Crippen molar-refractivity contribution in [2.45, 2.75) is 24.8 Å². The first-order valence-corrected chi connectivity index (χ1v) is 4.30. The van der Waals surface area contributed by atoms with Gasteiger partial charge in [-0.15, -0.1) is 0 Å². The molecule has 0 spiro atoms. The Kier molecular flexibility index (Phi) is 3.56. The fourth-order valence-electron chi connectivity index (χ4n) is 1.34. The zero-order chi connectivity index (χ0) is 11.6. The number of carbonyl (C=O) groups is 1. The molecule has 0 radical (unpaired) electrons. The zero-order valence-corrected chi connectivity index (χ0v) is 7.95. The van der Waals surface area contributed by atoms with E-state index in [1.807, 2.05) is 0 Å². The standard InChI is InChI=1S/C8H11F3O4/c1-14-6(13)2-4(8(9,10)11)7-5(3-12)15-7/h4-5,7,12H,2-3H2,1H3. The molecule has 1 rings (SSSR count). The molecule has 1 fully saturated rings. The Morgan fingerprint density at radius 2 is 2.20 bits per heavy atom. The van der Waals surface area contributed by atoms with Gasteiger partial charge in [0.1, 0.15) is 6.10 Å².